The Kier molecular flexibility index (Phi) is 3.82. The van der Waals surface area contributed by atoms with Crippen LogP contribution in [0.4, 0.5) is 5.82 Å². The van der Waals surface area contributed by atoms with Crippen LogP contribution in [0.3, 0.4) is 0 Å². The van der Waals surface area contributed by atoms with Crippen LogP contribution in [-0.2, 0) is 4.79 Å². The molecule has 0 aliphatic carbocycles. The van der Waals surface area contributed by atoms with Gasteiger partial charge >= 0.3 is 0 Å². The van der Waals surface area contributed by atoms with Crippen molar-refractivity contribution >= 4 is 11.7 Å². The fourth-order valence-corrected chi connectivity index (χ4v) is 1.79. The molecule has 0 radical (unpaired) electrons. The van der Waals surface area contributed by atoms with Crippen molar-refractivity contribution < 1.29 is 4.79 Å². The average molecular weight is 295 g/mol. The maximum atomic E-state index is 12.2. The van der Waals surface area contributed by atoms with Crippen molar-refractivity contribution in [2.75, 3.05) is 5.32 Å². The summed E-state index contributed by atoms with van der Waals surface area (Å²) in [5.74, 6) is 0.556. The highest BCUT2D eigenvalue weighted by Gasteiger charge is 2.19. The molecule has 0 saturated heterocycles. The molecule has 0 aliphatic rings. The Labute approximate surface area is 126 Å². The lowest BCUT2D eigenvalue weighted by Gasteiger charge is -2.09. The number of nitrogens with one attached hydrogen (secondary N) is 1. The molecule has 0 aliphatic heterocycles. The van der Waals surface area contributed by atoms with Crippen LogP contribution in [0.25, 0.3) is 11.4 Å². The smallest absolute Gasteiger partial charge is 0.252 e. The van der Waals surface area contributed by atoms with Gasteiger partial charge in [0.05, 0.1) is 6.20 Å². The number of anilines is 1. The summed E-state index contributed by atoms with van der Waals surface area (Å²) >= 11 is 0. The standard InChI is InChI=1S/C14H13N7O/c1-10(14(22)17-12-9-15-7-8-16-12)21-19-13(18-20-21)11-5-3-2-4-6-11/h2-10H,1H3,(H,16,17,22)/t10-/m1/s1. The van der Waals surface area contributed by atoms with Gasteiger partial charge in [-0.15, -0.1) is 10.2 Å². The summed E-state index contributed by atoms with van der Waals surface area (Å²) in [6.07, 6.45) is 4.50. The van der Waals surface area contributed by atoms with E-state index in [9.17, 15) is 4.79 Å². The van der Waals surface area contributed by atoms with Gasteiger partial charge in [0.25, 0.3) is 5.91 Å². The Morgan fingerprint density at radius 1 is 1.23 bits per heavy atom. The van der Waals surface area contributed by atoms with E-state index >= 15 is 0 Å². The van der Waals surface area contributed by atoms with Crippen molar-refractivity contribution in [3.63, 3.8) is 0 Å². The summed E-state index contributed by atoms with van der Waals surface area (Å²) < 4.78 is 0. The van der Waals surface area contributed by atoms with Gasteiger partial charge < -0.3 is 5.32 Å². The summed E-state index contributed by atoms with van der Waals surface area (Å²) in [6, 6.07) is 8.83. The predicted octanol–water partition coefficient (Wildman–Crippen LogP) is 1.33. The molecule has 8 nitrogen and oxygen atoms in total. The van der Waals surface area contributed by atoms with Gasteiger partial charge in [0, 0.05) is 18.0 Å². The fraction of sp³-hybridized carbons (Fsp3) is 0.143. The van der Waals surface area contributed by atoms with Gasteiger partial charge in [-0.05, 0) is 12.1 Å². The second-order valence-electron chi connectivity index (χ2n) is 4.56. The van der Waals surface area contributed by atoms with Crippen molar-refractivity contribution in [3.8, 4) is 11.4 Å². The van der Waals surface area contributed by atoms with E-state index in [0.717, 1.165) is 5.56 Å². The molecule has 2 aromatic heterocycles. The number of hydrogen-bond donors (Lipinski definition) is 1. The monoisotopic (exact) mass is 295 g/mol. The van der Waals surface area contributed by atoms with Gasteiger partial charge in [-0.3, -0.25) is 9.78 Å². The summed E-state index contributed by atoms with van der Waals surface area (Å²) in [6.45, 7) is 1.68. The van der Waals surface area contributed by atoms with Crippen molar-refractivity contribution in [2.24, 2.45) is 0 Å². The fourth-order valence-electron chi connectivity index (χ4n) is 1.79. The zero-order chi connectivity index (χ0) is 15.4. The number of carbonyl (C=O) groups excluding carboxylic acids is 1. The maximum Gasteiger partial charge on any atom is 0.252 e. The first-order chi connectivity index (χ1) is 10.7. The summed E-state index contributed by atoms with van der Waals surface area (Å²) in [5, 5.41) is 14.8. The molecule has 2 heterocycles. The SMILES string of the molecule is C[C@H](C(=O)Nc1cnccn1)n1nnc(-c2ccccc2)n1. The molecule has 1 amide bonds. The number of tetrazole rings is 1. The molecular formula is C14H13N7O. The van der Waals surface area contributed by atoms with Crippen molar-refractivity contribution in [1.82, 2.24) is 30.2 Å². The summed E-state index contributed by atoms with van der Waals surface area (Å²) in [4.78, 5) is 21.3. The highest BCUT2D eigenvalue weighted by molar-refractivity contribution is 5.92. The molecule has 1 atom stereocenters. The van der Waals surface area contributed by atoms with Crippen LogP contribution in [0.5, 0.6) is 0 Å². The van der Waals surface area contributed by atoms with Crippen LogP contribution in [-0.4, -0.2) is 36.1 Å². The zero-order valence-corrected chi connectivity index (χ0v) is 11.8. The predicted molar refractivity (Wildman–Crippen MR) is 78.6 cm³/mol. The number of aromatic nitrogens is 6. The Balaban J connectivity index is 1.74. The summed E-state index contributed by atoms with van der Waals surface area (Å²) in [7, 11) is 0. The number of amides is 1. The van der Waals surface area contributed by atoms with Gasteiger partial charge in [-0.25, -0.2) is 4.98 Å². The van der Waals surface area contributed by atoms with E-state index in [2.05, 4.69) is 30.7 Å². The number of rotatable bonds is 4. The first-order valence-corrected chi connectivity index (χ1v) is 6.66. The Hall–Kier alpha value is -3.16. The van der Waals surface area contributed by atoms with E-state index in [1.165, 1.54) is 23.4 Å². The average Bonchev–Trinajstić information content (AvgIpc) is 3.06. The van der Waals surface area contributed by atoms with E-state index in [0.29, 0.717) is 11.6 Å². The molecule has 0 unspecified atom stereocenters. The van der Waals surface area contributed by atoms with Gasteiger partial charge in [0.2, 0.25) is 5.82 Å². The van der Waals surface area contributed by atoms with Crippen LogP contribution in [0.15, 0.2) is 48.9 Å². The van der Waals surface area contributed by atoms with E-state index in [1.54, 1.807) is 6.92 Å². The minimum Gasteiger partial charge on any atom is -0.307 e. The summed E-state index contributed by atoms with van der Waals surface area (Å²) in [5.41, 5.74) is 0.843. The molecule has 0 bridgehead atoms. The van der Waals surface area contributed by atoms with Gasteiger partial charge in [0.15, 0.2) is 5.82 Å². The van der Waals surface area contributed by atoms with E-state index in [1.807, 2.05) is 30.3 Å². The highest BCUT2D eigenvalue weighted by atomic mass is 16.2. The number of carbonyl (C=O) groups is 1. The molecule has 0 fully saturated rings. The Morgan fingerprint density at radius 2 is 2.05 bits per heavy atom. The molecule has 1 aromatic carbocycles. The Bertz CT molecular complexity index is 757. The first kappa shape index (κ1) is 13.8. The van der Waals surface area contributed by atoms with Crippen molar-refractivity contribution in [2.45, 2.75) is 13.0 Å². The van der Waals surface area contributed by atoms with Crippen LogP contribution < -0.4 is 5.32 Å². The third kappa shape index (κ3) is 2.95. The molecule has 0 spiro atoms. The molecule has 22 heavy (non-hydrogen) atoms. The molecule has 1 N–H and O–H groups in total. The lowest BCUT2D eigenvalue weighted by Crippen LogP contribution is -2.25. The molecule has 0 saturated carbocycles. The minimum absolute atomic E-state index is 0.294. The second-order valence-corrected chi connectivity index (χ2v) is 4.56. The van der Waals surface area contributed by atoms with Gasteiger partial charge in [0.1, 0.15) is 6.04 Å². The number of benzene rings is 1. The topological polar surface area (TPSA) is 98.5 Å². The number of hydrogen-bond acceptors (Lipinski definition) is 6. The van der Waals surface area contributed by atoms with Gasteiger partial charge in [-0.2, -0.15) is 4.80 Å². The van der Waals surface area contributed by atoms with Gasteiger partial charge in [-0.1, -0.05) is 30.3 Å². The van der Waals surface area contributed by atoms with E-state index in [-0.39, 0.29) is 5.91 Å². The van der Waals surface area contributed by atoms with Crippen LogP contribution in [0.2, 0.25) is 0 Å². The normalized spacial score (nSPS) is 11.9. The van der Waals surface area contributed by atoms with Crippen molar-refractivity contribution in [3.05, 3.63) is 48.9 Å². The maximum absolute atomic E-state index is 12.2. The van der Waals surface area contributed by atoms with Crippen molar-refractivity contribution in [1.29, 1.82) is 0 Å². The molecular weight excluding hydrogens is 282 g/mol. The molecule has 3 aromatic rings. The third-order valence-electron chi connectivity index (χ3n) is 3.00. The quantitative estimate of drug-likeness (QED) is 0.779. The van der Waals surface area contributed by atoms with Crippen LogP contribution in [0.1, 0.15) is 13.0 Å². The lowest BCUT2D eigenvalue weighted by molar-refractivity contribution is -0.119. The number of nitrogens with zero attached hydrogens (tertiary/aromatic N) is 6. The zero-order valence-electron chi connectivity index (χ0n) is 11.8. The van der Waals surface area contributed by atoms with Crippen LogP contribution >= 0.6 is 0 Å². The first-order valence-electron chi connectivity index (χ1n) is 6.66. The van der Waals surface area contributed by atoms with Crippen LogP contribution in [0, 0.1) is 0 Å². The van der Waals surface area contributed by atoms with E-state index in [4.69, 9.17) is 0 Å². The molecule has 8 heteroatoms. The third-order valence-corrected chi connectivity index (χ3v) is 3.00. The van der Waals surface area contributed by atoms with E-state index < -0.39 is 6.04 Å². The minimum atomic E-state index is -0.619. The largest absolute Gasteiger partial charge is 0.307 e. The molecule has 110 valence electrons. The highest BCUT2D eigenvalue weighted by Crippen LogP contribution is 2.14. The second kappa shape index (κ2) is 6.08. The Morgan fingerprint density at radius 3 is 2.77 bits per heavy atom. The molecule has 3 rings (SSSR count). The lowest BCUT2D eigenvalue weighted by atomic mass is 10.2.